The molecule has 0 amide bonds. The third-order valence-electron chi connectivity index (χ3n) is 2.38. The molecular weight excluding hydrogens is 226 g/mol. The van der Waals surface area contributed by atoms with E-state index in [1.165, 1.54) is 10.7 Å². The van der Waals surface area contributed by atoms with E-state index < -0.39 is 0 Å². The summed E-state index contributed by atoms with van der Waals surface area (Å²) >= 11 is 5.09. The van der Waals surface area contributed by atoms with Gasteiger partial charge in [-0.3, -0.25) is 9.89 Å². The van der Waals surface area contributed by atoms with Crippen LogP contribution in [-0.4, -0.2) is 20.6 Å². The van der Waals surface area contributed by atoms with Gasteiger partial charge in [0.15, 0.2) is 0 Å². The van der Waals surface area contributed by atoms with Gasteiger partial charge in [-0.2, -0.15) is 0 Å². The molecule has 2 aromatic rings. The Morgan fingerprint density at radius 2 is 2.44 bits per heavy atom. The van der Waals surface area contributed by atoms with Crippen LogP contribution in [0.15, 0.2) is 38.7 Å². The van der Waals surface area contributed by atoms with Gasteiger partial charge in [-0.25, -0.2) is 9.67 Å². The Hall–Kier alpha value is -1.95. The number of hydrogen-bond donors (Lipinski definition) is 1. The number of aromatic nitrogens is 2. The number of furan rings is 1. The molecule has 0 fully saturated rings. The Bertz CT molecular complexity index is 633. The maximum Gasteiger partial charge on any atom is 0.264 e. The number of hydrogen-bond acceptors (Lipinski definition) is 3. The molecule has 5 nitrogen and oxygen atoms in total. The molecule has 1 aliphatic rings. The molecule has 0 radical (unpaired) electrons. The maximum atomic E-state index is 11.2. The minimum Gasteiger partial charge on any atom is -0.463 e. The first-order chi connectivity index (χ1) is 7.74. The molecule has 80 valence electrons. The zero-order valence-electron chi connectivity index (χ0n) is 8.14. The fraction of sp³-hybridized carbons (Fsp3) is 0.100. The number of H-pyrrole nitrogens is 1. The third kappa shape index (κ3) is 1.35. The van der Waals surface area contributed by atoms with Gasteiger partial charge in [0, 0.05) is 12.5 Å². The summed E-state index contributed by atoms with van der Waals surface area (Å²) in [6.45, 7) is 0. The highest BCUT2D eigenvalue weighted by atomic mass is 32.1. The van der Waals surface area contributed by atoms with E-state index in [1.54, 1.807) is 12.3 Å². The molecule has 1 N–H and O–H groups in total. The van der Waals surface area contributed by atoms with Crippen molar-refractivity contribution < 1.29 is 4.42 Å². The number of fused-ring (bicyclic) bond motifs is 1. The van der Waals surface area contributed by atoms with Crippen LogP contribution in [0, 0.1) is 0 Å². The average Bonchev–Trinajstić information content (AvgIpc) is 2.84. The van der Waals surface area contributed by atoms with Crippen LogP contribution in [0.1, 0.15) is 11.5 Å². The fourth-order valence-electron chi connectivity index (χ4n) is 1.69. The molecule has 0 spiro atoms. The lowest BCUT2D eigenvalue weighted by Crippen LogP contribution is -2.23. The second kappa shape index (κ2) is 3.28. The van der Waals surface area contributed by atoms with Gasteiger partial charge in [-0.05, 0) is 24.4 Å². The predicted molar refractivity (Wildman–Crippen MR) is 62.0 cm³/mol. The largest absolute Gasteiger partial charge is 0.463 e. The molecule has 2 aromatic heterocycles. The van der Waals surface area contributed by atoms with E-state index >= 15 is 0 Å². The summed E-state index contributed by atoms with van der Waals surface area (Å²) in [5.74, 6) is 0.683. The van der Waals surface area contributed by atoms with Crippen LogP contribution in [-0.2, 0) is 6.42 Å². The highest BCUT2D eigenvalue weighted by Gasteiger charge is 2.19. The molecule has 1 aliphatic heterocycles. The minimum atomic E-state index is -0.173. The summed E-state index contributed by atoms with van der Waals surface area (Å²) in [6.07, 6.45) is 2.12. The van der Waals surface area contributed by atoms with E-state index in [9.17, 15) is 4.79 Å². The molecule has 0 atom stereocenters. The van der Waals surface area contributed by atoms with Crippen molar-refractivity contribution in [3.8, 4) is 0 Å². The quantitative estimate of drug-likeness (QED) is 0.746. The number of rotatable bonds is 1. The summed E-state index contributed by atoms with van der Waals surface area (Å²) < 4.78 is 6.77. The van der Waals surface area contributed by atoms with Gasteiger partial charge < -0.3 is 4.42 Å². The average molecular weight is 233 g/mol. The van der Waals surface area contributed by atoms with Crippen molar-refractivity contribution in [2.45, 2.75) is 6.42 Å². The van der Waals surface area contributed by atoms with Gasteiger partial charge in [-0.15, -0.1) is 0 Å². The third-order valence-corrected chi connectivity index (χ3v) is 2.66. The van der Waals surface area contributed by atoms with Crippen LogP contribution in [0.2, 0.25) is 0 Å². The maximum absolute atomic E-state index is 11.2. The molecule has 0 aliphatic carbocycles. The number of aliphatic imine (C=N–C) groups is 1. The van der Waals surface area contributed by atoms with Crippen molar-refractivity contribution in [1.29, 1.82) is 0 Å². The van der Waals surface area contributed by atoms with E-state index in [1.807, 2.05) is 6.07 Å². The molecule has 0 unspecified atom stereocenters. The lowest BCUT2D eigenvalue weighted by molar-refractivity contribution is 0.555. The van der Waals surface area contributed by atoms with Crippen LogP contribution < -0.4 is 5.56 Å². The molecule has 0 saturated heterocycles. The van der Waals surface area contributed by atoms with Gasteiger partial charge in [0.1, 0.15) is 5.76 Å². The van der Waals surface area contributed by atoms with E-state index in [0.29, 0.717) is 17.3 Å². The summed E-state index contributed by atoms with van der Waals surface area (Å²) in [5, 5.41) is 2.92. The summed E-state index contributed by atoms with van der Waals surface area (Å²) in [7, 11) is 0. The van der Waals surface area contributed by atoms with Crippen molar-refractivity contribution >= 4 is 23.0 Å². The second-order valence-electron chi connectivity index (χ2n) is 3.44. The van der Waals surface area contributed by atoms with Gasteiger partial charge in [-0.1, -0.05) is 0 Å². The number of nitrogens with zero attached hydrogens (tertiary/aromatic N) is 2. The zero-order chi connectivity index (χ0) is 11.1. The fourth-order valence-corrected chi connectivity index (χ4v) is 1.97. The smallest absolute Gasteiger partial charge is 0.264 e. The molecule has 6 heteroatoms. The van der Waals surface area contributed by atoms with E-state index in [4.69, 9.17) is 16.6 Å². The summed E-state index contributed by atoms with van der Waals surface area (Å²) in [6, 6.07) is 5.13. The van der Waals surface area contributed by atoms with E-state index in [0.717, 1.165) is 11.4 Å². The van der Waals surface area contributed by atoms with Gasteiger partial charge in [0.05, 0.1) is 17.7 Å². The molecular formula is C10H7N3O2S. The Morgan fingerprint density at radius 1 is 1.56 bits per heavy atom. The first-order valence-electron chi connectivity index (χ1n) is 4.71. The Labute approximate surface area is 95.4 Å². The van der Waals surface area contributed by atoms with Crippen LogP contribution in [0.4, 0.5) is 0 Å². The molecule has 0 aromatic carbocycles. The van der Waals surface area contributed by atoms with Gasteiger partial charge >= 0.3 is 0 Å². The van der Waals surface area contributed by atoms with Gasteiger partial charge in [0.25, 0.3) is 5.56 Å². The molecule has 3 heterocycles. The predicted octanol–water partition coefficient (Wildman–Crippen LogP) is 0.948. The second-order valence-corrected chi connectivity index (χ2v) is 3.81. The number of thiocarbonyl (C=S) groups is 1. The van der Waals surface area contributed by atoms with Gasteiger partial charge in [0.2, 0.25) is 5.11 Å². The van der Waals surface area contributed by atoms with Crippen LogP contribution in [0.5, 0.6) is 0 Å². The van der Waals surface area contributed by atoms with E-state index in [2.05, 4.69) is 10.1 Å². The highest BCUT2D eigenvalue weighted by Crippen LogP contribution is 2.13. The SMILES string of the molecule is O=c1cc2n([nH]1)C(=S)N=C(c1ccco1)C2. The summed E-state index contributed by atoms with van der Waals surface area (Å²) in [5.41, 5.74) is 1.37. The molecule has 0 bridgehead atoms. The lowest BCUT2D eigenvalue weighted by Gasteiger charge is -2.13. The standard InChI is InChI=1S/C10H7N3O2S/c14-9-5-6-4-7(8-2-1-3-15-8)11-10(16)13(6)12-9/h1-3,5H,4H2,(H,12,14). The number of aromatic amines is 1. The first-order valence-corrected chi connectivity index (χ1v) is 5.11. The van der Waals surface area contributed by atoms with Crippen molar-refractivity contribution in [2.75, 3.05) is 0 Å². The Morgan fingerprint density at radius 3 is 3.19 bits per heavy atom. The number of nitrogens with one attached hydrogen (secondary N) is 1. The van der Waals surface area contributed by atoms with E-state index in [-0.39, 0.29) is 5.56 Å². The monoisotopic (exact) mass is 233 g/mol. The Balaban J connectivity index is 2.09. The zero-order valence-corrected chi connectivity index (χ0v) is 8.95. The lowest BCUT2D eigenvalue weighted by atomic mass is 10.1. The highest BCUT2D eigenvalue weighted by molar-refractivity contribution is 7.80. The van der Waals surface area contributed by atoms with Crippen LogP contribution in [0.3, 0.4) is 0 Å². The van der Waals surface area contributed by atoms with Crippen molar-refractivity contribution in [1.82, 2.24) is 9.78 Å². The van der Waals surface area contributed by atoms with Crippen molar-refractivity contribution in [3.63, 3.8) is 0 Å². The molecule has 0 saturated carbocycles. The molecule has 16 heavy (non-hydrogen) atoms. The van der Waals surface area contributed by atoms with Crippen LogP contribution >= 0.6 is 12.2 Å². The topological polar surface area (TPSA) is 63.3 Å². The molecule has 3 rings (SSSR count). The normalized spacial score (nSPS) is 14.8. The first kappa shape index (κ1) is 9.29. The summed E-state index contributed by atoms with van der Waals surface area (Å²) in [4.78, 5) is 15.4. The Kier molecular flexibility index (Phi) is 1.90. The van der Waals surface area contributed by atoms with Crippen molar-refractivity contribution in [2.24, 2.45) is 4.99 Å². The minimum absolute atomic E-state index is 0.173. The van der Waals surface area contributed by atoms with Crippen molar-refractivity contribution in [3.05, 3.63) is 46.3 Å². The van der Waals surface area contributed by atoms with Crippen LogP contribution in [0.25, 0.3) is 0 Å².